The smallest absolute Gasteiger partial charge is 0.221 e. The van der Waals surface area contributed by atoms with Crippen LogP contribution in [0.4, 0.5) is 0 Å². The van der Waals surface area contributed by atoms with Crippen molar-refractivity contribution in [3.8, 4) is 0 Å². The summed E-state index contributed by atoms with van der Waals surface area (Å²) in [5.41, 5.74) is 0. The molecule has 0 saturated heterocycles. The molecule has 0 aliphatic heterocycles. The molecule has 84 valence electrons. The molecule has 0 bridgehead atoms. The summed E-state index contributed by atoms with van der Waals surface area (Å²) in [5, 5.41) is 6.11. The topological polar surface area (TPSA) is 41.1 Å². The molecule has 0 aromatic heterocycles. The first-order valence-electron chi connectivity index (χ1n) is 5.19. The Balaban J connectivity index is 3.40. The van der Waals surface area contributed by atoms with Gasteiger partial charge >= 0.3 is 0 Å². The normalized spacial score (nSPS) is 12.5. The second kappa shape index (κ2) is 9.34. The number of thioether (sulfide) groups is 1. The molecule has 0 aliphatic carbocycles. The molecule has 0 aromatic carbocycles. The lowest BCUT2D eigenvalue weighted by Gasteiger charge is -2.13. The fourth-order valence-electron chi connectivity index (χ4n) is 1.09. The summed E-state index contributed by atoms with van der Waals surface area (Å²) >= 11 is 1.81. The molecule has 1 unspecified atom stereocenters. The molecule has 0 aliphatic rings. The number of amides is 1. The van der Waals surface area contributed by atoms with Crippen LogP contribution in [0.1, 0.15) is 26.7 Å². The first kappa shape index (κ1) is 13.8. The van der Waals surface area contributed by atoms with Crippen LogP contribution in [0.2, 0.25) is 0 Å². The Kier molecular flexibility index (Phi) is 9.19. The molecule has 0 heterocycles. The Hall–Kier alpha value is -0.220. The maximum absolute atomic E-state index is 11.3. The van der Waals surface area contributed by atoms with Crippen LogP contribution in [0.25, 0.3) is 0 Å². The van der Waals surface area contributed by atoms with Crippen LogP contribution < -0.4 is 10.6 Å². The van der Waals surface area contributed by atoms with E-state index in [0.29, 0.717) is 12.5 Å². The monoisotopic (exact) mass is 218 g/mol. The van der Waals surface area contributed by atoms with Crippen molar-refractivity contribution in [2.24, 2.45) is 0 Å². The van der Waals surface area contributed by atoms with E-state index in [0.717, 1.165) is 25.3 Å². The summed E-state index contributed by atoms with van der Waals surface area (Å²) in [7, 11) is 0. The fourth-order valence-corrected chi connectivity index (χ4v) is 1.68. The largest absolute Gasteiger partial charge is 0.354 e. The van der Waals surface area contributed by atoms with E-state index in [1.54, 1.807) is 0 Å². The highest BCUT2D eigenvalue weighted by atomic mass is 32.2. The number of hydrogen-bond acceptors (Lipinski definition) is 3. The Bertz CT molecular complexity index is 153. The van der Waals surface area contributed by atoms with Gasteiger partial charge in [0.05, 0.1) is 0 Å². The van der Waals surface area contributed by atoms with Gasteiger partial charge in [-0.3, -0.25) is 4.79 Å². The number of rotatable bonds is 8. The molecule has 1 atom stereocenters. The third-order valence-corrected chi connectivity index (χ3v) is 2.59. The standard InChI is InChI=1S/C10H22N2OS/c1-4-11-7-5-10(13)12-9(2)6-8-14-3/h9,11H,4-8H2,1-3H3,(H,12,13). The maximum Gasteiger partial charge on any atom is 0.221 e. The fraction of sp³-hybridized carbons (Fsp3) is 0.900. The highest BCUT2D eigenvalue weighted by Crippen LogP contribution is 1.99. The van der Waals surface area contributed by atoms with Crippen LogP contribution in [0.5, 0.6) is 0 Å². The summed E-state index contributed by atoms with van der Waals surface area (Å²) in [5.74, 6) is 1.26. The van der Waals surface area contributed by atoms with Gasteiger partial charge in [-0.2, -0.15) is 11.8 Å². The van der Waals surface area contributed by atoms with Gasteiger partial charge in [0.15, 0.2) is 0 Å². The van der Waals surface area contributed by atoms with E-state index < -0.39 is 0 Å². The van der Waals surface area contributed by atoms with Crippen LogP contribution in [0.3, 0.4) is 0 Å². The van der Waals surface area contributed by atoms with Gasteiger partial charge in [0.1, 0.15) is 0 Å². The van der Waals surface area contributed by atoms with E-state index in [9.17, 15) is 4.79 Å². The minimum atomic E-state index is 0.152. The summed E-state index contributed by atoms with van der Waals surface area (Å²) < 4.78 is 0. The van der Waals surface area contributed by atoms with Crippen molar-refractivity contribution in [1.29, 1.82) is 0 Å². The van der Waals surface area contributed by atoms with E-state index in [4.69, 9.17) is 0 Å². The van der Waals surface area contributed by atoms with Crippen molar-refractivity contribution in [3.63, 3.8) is 0 Å². The molecule has 3 nitrogen and oxygen atoms in total. The molecule has 2 N–H and O–H groups in total. The Morgan fingerprint density at radius 1 is 1.50 bits per heavy atom. The highest BCUT2D eigenvalue weighted by Gasteiger charge is 2.05. The second-order valence-corrected chi connectivity index (χ2v) is 4.34. The molecular weight excluding hydrogens is 196 g/mol. The zero-order valence-electron chi connectivity index (χ0n) is 9.43. The SMILES string of the molecule is CCNCCC(=O)NC(C)CCSC. The van der Waals surface area contributed by atoms with Crippen molar-refractivity contribution < 1.29 is 4.79 Å². The predicted octanol–water partition coefficient (Wildman–Crippen LogP) is 1.24. The Labute approximate surface area is 91.4 Å². The molecule has 0 rings (SSSR count). The van der Waals surface area contributed by atoms with Crippen LogP contribution in [-0.2, 0) is 4.79 Å². The lowest BCUT2D eigenvalue weighted by atomic mass is 10.2. The van der Waals surface area contributed by atoms with Crippen LogP contribution in [0.15, 0.2) is 0 Å². The molecule has 0 fully saturated rings. The Morgan fingerprint density at radius 2 is 2.21 bits per heavy atom. The average molecular weight is 218 g/mol. The van der Waals surface area contributed by atoms with E-state index in [1.807, 2.05) is 18.7 Å². The second-order valence-electron chi connectivity index (χ2n) is 3.35. The first-order valence-corrected chi connectivity index (χ1v) is 6.59. The third-order valence-electron chi connectivity index (χ3n) is 1.94. The number of carbonyl (C=O) groups excluding carboxylic acids is 1. The molecular formula is C10H22N2OS. The third kappa shape index (κ3) is 8.38. The van der Waals surface area contributed by atoms with Gasteiger partial charge in [0.25, 0.3) is 0 Å². The van der Waals surface area contributed by atoms with E-state index in [1.165, 1.54) is 0 Å². The van der Waals surface area contributed by atoms with E-state index >= 15 is 0 Å². The lowest BCUT2D eigenvalue weighted by Crippen LogP contribution is -2.34. The number of carbonyl (C=O) groups is 1. The maximum atomic E-state index is 11.3. The molecule has 0 aromatic rings. The van der Waals surface area contributed by atoms with Crippen molar-refractivity contribution in [3.05, 3.63) is 0 Å². The minimum absolute atomic E-state index is 0.152. The molecule has 1 amide bonds. The molecule has 0 spiro atoms. The zero-order valence-corrected chi connectivity index (χ0v) is 10.2. The van der Waals surface area contributed by atoms with Gasteiger partial charge in [-0.15, -0.1) is 0 Å². The van der Waals surface area contributed by atoms with Gasteiger partial charge in [-0.1, -0.05) is 6.92 Å². The van der Waals surface area contributed by atoms with Crippen LogP contribution >= 0.6 is 11.8 Å². The summed E-state index contributed by atoms with van der Waals surface area (Å²) in [4.78, 5) is 11.3. The van der Waals surface area contributed by atoms with Crippen molar-refractivity contribution in [2.45, 2.75) is 32.7 Å². The molecule has 0 saturated carbocycles. The van der Waals surface area contributed by atoms with E-state index in [2.05, 4.69) is 23.8 Å². The predicted molar refractivity (Wildman–Crippen MR) is 63.8 cm³/mol. The zero-order chi connectivity index (χ0) is 10.8. The van der Waals surface area contributed by atoms with Crippen LogP contribution in [-0.4, -0.2) is 37.0 Å². The number of nitrogens with one attached hydrogen (secondary N) is 2. The Morgan fingerprint density at radius 3 is 2.79 bits per heavy atom. The number of hydrogen-bond donors (Lipinski definition) is 2. The quantitative estimate of drug-likeness (QED) is 0.602. The van der Waals surface area contributed by atoms with E-state index in [-0.39, 0.29) is 5.91 Å². The van der Waals surface area contributed by atoms with Crippen molar-refractivity contribution in [2.75, 3.05) is 25.1 Å². The minimum Gasteiger partial charge on any atom is -0.354 e. The van der Waals surface area contributed by atoms with Gasteiger partial charge in [0, 0.05) is 19.0 Å². The molecule has 14 heavy (non-hydrogen) atoms. The van der Waals surface area contributed by atoms with Gasteiger partial charge < -0.3 is 10.6 Å². The van der Waals surface area contributed by atoms with Crippen LogP contribution in [0, 0.1) is 0 Å². The molecule has 4 heteroatoms. The van der Waals surface area contributed by atoms with Gasteiger partial charge in [-0.25, -0.2) is 0 Å². The summed E-state index contributed by atoms with van der Waals surface area (Å²) in [6, 6.07) is 0.302. The summed E-state index contributed by atoms with van der Waals surface area (Å²) in [6.45, 7) is 5.80. The van der Waals surface area contributed by atoms with Crippen molar-refractivity contribution in [1.82, 2.24) is 10.6 Å². The van der Waals surface area contributed by atoms with Gasteiger partial charge in [0.2, 0.25) is 5.91 Å². The van der Waals surface area contributed by atoms with Gasteiger partial charge in [-0.05, 0) is 31.9 Å². The molecule has 0 radical (unpaired) electrons. The van der Waals surface area contributed by atoms with Crippen molar-refractivity contribution >= 4 is 17.7 Å². The highest BCUT2D eigenvalue weighted by molar-refractivity contribution is 7.98. The lowest BCUT2D eigenvalue weighted by molar-refractivity contribution is -0.121. The first-order chi connectivity index (χ1) is 6.70. The summed E-state index contributed by atoms with van der Waals surface area (Å²) in [6.07, 6.45) is 3.71. The average Bonchev–Trinajstić information content (AvgIpc) is 2.15.